The van der Waals surface area contributed by atoms with Gasteiger partial charge in [0, 0.05) is 12.4 Å². The van der Waals surface area contributed by atoms with Gasteiger partial charge in [-0.25, -0.2) is 4.79 Å². The van der Waals surface area contributed by atoms with Crippen LogP contribution >= 0.6 is 11.8 Å². The van der Waals surface area contributed by atoms with E-state index < -0.39 is 5.97 Å². The Hall–Kier alpha value is -1.01. The second kappa shape index (κ2) is 6.47. The predicted molar refractivity (Wildman–Crippen MR) is 54.9 cm³/mol. The van der Waals surface area contributed by atoms with Crippen LogP contribution in [0.1, 0.15) is 23.8 Å². The topological polar surface area (TPSA) is 72.6 Å². The monoisotopic (exact) mass is 231 g/mol. The lowest BCUT2D eigenvalue weighted by molar-refractivity contribution is 0.0519. The molecule has 0 bridgehead atoms. The molecule has 0 saturated carbocycles. The molecular weight excluding hydrogens is 218 g/mol. The summed E-state index contributed by atoms with van der Waals surface area (Å²) in [6.45, 7) is 2.19. The van der Waals surface area contributed by atoms with Gasteiger partial charge in [0.2, 0.25) is 0 Å². The highest BCUT2D eigenvalue weighted by molar-refractivity contribution is 7.99. The molecule has 0 aliphatic carbocycles. The van der Waals surface area contributed by atoms with Gasteiger partial charge in [-0.2, -0.15) is 4.98 Å². The lowest BCUT2D eigenvalue weighted by atomic mass is 10.5. The molecule has 0 amide bonds. The highest BCUT2D eigenvalue weighted by Gasteiger charge is 2.12. The molecule has 0 atom stereocenters. The van der Waals surface area contributed by atoms with Crippen LogP contribution in [0, 0.1) is 0 Å². The van der Waals surface area contributed by atoms with Gasteiger partial charge in [-0.3, -0.25) is 0 Å². The third kappa shape index (κ3) is 3.93. The van der Waals surface area contributed by atoms with E-state index >= 15 is 0 Å². The second-order valence-corrected chi connectivity index (χ2v) is 3.69. The quantitative estimate of drug-likeness (QED) is 0.452. The number of hydrogen-bond acceptors (Lipinski definition) is 6. The molecule has 15 heavy (non-hydrogen) atoms. The molecule has 1 N–H and O–H groups in total. The molecule has 0 aromatic carbocycles. The fourth-order valence-electron chi connectivity index (χ4n) is 0.846. The third-order valence-corrected chi connectivity index (χ3v) is 2.42. The molecular formula is C9H13NO4S. The van der Waals surface area contributed by atoms with Crippen LogP contribution in [-0.4, -0.2) is 35.0 Å². The van der Waals surface area contributed by atoms with Crippen LogP contribution in [0.2, 0.25) is 0 Å². The second-order valence-electron chi connectivity index (χ2n) is 2.64. The Balaban J connectivity index is 2.45. The first-order valence-corrected chi connectivity index (χ1v) is 5.62. The molecule has 0 aliphatic rings. The summed E-state index contributed by atoms with van der Waals surface area (Å²) in [6, 6.07) is 0. The third-order valence-electron chi connectivity index (χ3n) is 1.50. The highest BCUT2D eigenvalue weighted by Crippen LogP contribution is 2.17. The first kappa shape index (κ1) is 12.1. The van der Waals surface area contributed by atoms with Gasteiger partial charge in [0.25, 0.3) is 5.22 Å². The Kier molecular flexibility index (Phi) is 5.20. The molecule has 5 nitrogen and oxygen atoms in total. The van der Waals surface area contributed by atoms with Gasteiger partial charge < -0.3 is 14.3 Å². The van der Waals surface area contributed by atoms with E-state index in [0.717, 1.165) is 0 Å². The van der Waals surface area contributed by atoms with Crippen molar-refractivity contribution in [3.05, 3.63) is 12.0 Å². The molecule has 0 fully saturated rings. The molecule has 1 heterocycles. The number of ether oxygens (including phenoxy) is 1. The molecule has 1 aromatic heterocycles. The molecule has 84 valence electrons. The van der Waals surface area contributed by atoms with Gasteiger partial charge in [-0.1, -0.05) is 11.8 Å². The summed E-state index contributed by atoms with van der Waals surface area (Å²) in [5, 5.41) is 8.99. The average molecular weight is 231 g/mol. The van der Waals surface area contributed by atoms with Crippen molar-refractivity contribution < 1.29 is 19.1 Å². The van der Waals surface area contributed by atoms with Crippen molar-refractivity contribution in [2.75, 3.05) is 19.0 Å². The van der Waals surface area contributed by atoms with Crippen molar-refractivity contribution in [3.63, 3.8) is 0 Å². The van der Waals surface area contributed by atoms with Gasteiger partial charge in [-0.05, 0) is 13.3 Å². The number of aromatic nitrogens is 1. The Bertz CT molecular complexity index is 313. The van der Waals surface area contributed by atoms with E-state index in [1.807, 2.05) is 0 Å². The minimum Gasteiger partial charge on any atom is -0.461 e. The average Bonchev–Trinajstić information content (AvgIpc) is 2.67. The van der Waals surface area contributed by atoms with E-state index in [1.165, 1.54) is 18.0 Å². The lowest BCUT2D eigenvalue weighted by Gasteiger charge is -1.95. The van der Waals surface area contributed by atoms with Crippen molar-refractivity contribution in [1.82, 2.24) is 4.98 Å². The maximum Gasteiger partial charge on any atom is 0.360 e. The number of oxazole rings is 1. The van der Waals surface area contributed by atoms with E-state index in [4.69, 9.17) is 14.3 Å². The molecule has 0 unspecified atom stereocenters. The SMILES string of the molecule is CCOC(=O)c1coc(SCCCO)n1. The van der Waals surface area contributed by atoms with Crippen LogP contribution in [0.5, 0.6) is 0 Å². The van der Waals surface area contributed by atoms with Crippen molar-refractivity contribution in [3.8, 4) is 0 Å². The molecule has 0 saturated heterocycles. The highest BCUT2D eigenvalue weighted by atomic mass is 32.2. The zero-order chi connectivity index (χ0) is 11.1. The number of nitrogens with zero attached hydrogens (tertiary/aromatic N) is 1. The summed E-state index contributed by atoms with van der Waals surface area (Å²) in [6.07, 6.45) is 1.95. The normalized spacial score (nSPS) is 10.3. The zero-order valence-electron chi connectivity index (χ0n) is 8.43. The van der Waals surface area contributed by atoms with Crippen molar-refractivity contribution in [2.24, 2.45) is 0 Å². The largest absolute Gasteiger partial charge is 0.461 e. The predicted octanol–water partition coefficient (Wildman–Crippen LogP) is 1.33. The Labute approximate surface area is 91.8 Å². The number of carbonyl (C=O) groups is 1. The Morgan fingerprint density at radius 1 is 1.73 bits per heavy atom. The van der Waals surface area contributed by atoms with Gasteiger partial charge in [0.05, 0.1) is 6.61 Å². The maximum absolute atomic E-state index is 11.2. The first-order chi connectivity index (χ1) is 7.27. The number of hydrogen-bond donors (Lipinski definition) is 1. The minimum absolute atomic E-state index is 0.137. The Morgan fingerprint density at radius 2 is 2.53 bits per heavy atom. The van der Waals surface area contributed by atoms with Gasteiger partial charge >= 0.3 is 5.97 Å². The minimum atomic E-state index is -0.477. The Morgan fingerprint density at radius 3 is 3.20 bits per heavy atom. The van der Waals surface area contributed by atoms with Crippen molar-refractivity contribution >= 4 is 17.7 Å². The van der Waals surface area contributed by atoms with E-state index in [0.29, 0.717) is 24.0 Å². The number of thioether (sulfide) groups is 1. The smallest absolute Gasteiger partial charge is 0.360 e. The van der Waals surface area contributed by atoms with E-state index in [1.54, 1.807) is 6.92 Å². The molecule has 0 radical (unpaired) electrons. The number of aliphatic hydroxyl groups excluding tert-OH is 1. The zero-order valence-corrected chi connectivity index (χ0v) is 9.25. The van der Waals surface area contributed by atoms with Crippen LogP contribution in [-0.2, 0) is 4.74 Å². The van der Waals surface area contributed by atoms with Crippen LogP contribution in [0.25, 0.3) is 0 Å². The first-order valence-electron chi connectivity index (χ1n) is 4.64. The summed E-state index contributed by atoms with van der Waals surface area (Å²) >= 11 is 1.36. The summed E-state index contributed by atoms with van der Waals surface area (Å²) < 4.78 is 9.80. The van der Waals surface area contributed by atoms with Crippen molar-refractivity contribution in [1.29, 1.82) is 0 Å². The molecule has 0 aliphatic heterocycles. The van der Waals surface area contributed by atoms with E-state index in [2.05, 4.69) is 4.98 Å². The van der Waals surface area contributed by atoms with Gasteiger partial charge in [-0.15, -0.1) is 0 Å². The fourth-order valence-corrected chi connectivity index (χ4v) is 1.57. The van der Waals surface area contributed by atoms with E-state index in [9.17, 15) is 4.79 Å². The maximum atomic E-state index is 11.2. The molecule has 0 spiro atoms. The van der Waals surface area contributed by atoms with Gasteiger partial charge in [0.15, 0.2) is 5.69 Å². The lowest BCUT2D eigenvalue weighted by Crippen LogP contribution is -2.04. The van der Waals surface area contributed by atoms with E-state index in [-0.39, 0.29) is 12.3 Å². The summed E-state index contributed by atoms with van der Waals surface area (Å²) in [5.41, 5.74) is 0.184. The van der Waals surface area contributed by atoms with Crippen LogP contribution in [0.4, 0.5) is 0 Å². The van der Waals surface area contributed by atoms with Crippen LogP contribution < -0.4 is 0 Å². The van der Waals surface area contributed by atoms with Gasteiger partial charge in [0.1, 0.15) is 6.26 Å². The number of carbonyl (C=O) groups excluding carboxylic acids is 1. The summed E-state index contributed by atoms with van der Waals surface area (Å²) in [5.74, 6) is 0.231. The van der Waals surface area contributed by atoms with Crippen molar-refractivity contribution in [2.45, 2.75) is 18.6 Å². The summed E-state index contributed by atoms with van der Waals surface area (Å²) in [7, 11) is 0. The van der Waals surface area contributed by atoms with Crippen LogP contribution in [0.15, 0.2) is 15.9 Å². The number of rotatable bonds is 6. The molecule has 1 aromatic rings. The van der Waals surface area contributed by atoms with Crippen LogP contribution in [0.3, 0.4) is 0 Å². The number of aliphatic hydroxyl groups is 1. The number of esters is 1. The summed E-state index contributed by atoms with van der Waals surface area (Å²) in [4.78, 5) is 15.1. The molecule has 6 heteroatoms. The fraction of sp³-hybridized carbons (Fsp3) is 0.556. The molecule has 1 rings (SSSR count). The standard InChI is InChI=1S/C9H13NO4S/c1-2-13-8(12)7-6-14-9(10-7)15-5-3-4-11/h6,11H,2-5H2,1H3.